The van der Waals surface area contributed by atoms with Crippen LogP contribution < -0.4 is 10.6 Å². The summed E-state index contributed by atoms with van der Waals surface area (Å²) in [5.41, 5.74) is 8.10. The lowest BCUT2D eigenvalue weighted by molar-refractivity contribution is 0.247. The quantitative estimate of drug-likeness (QED) is 0.896. The number of aryl methyl sites for hydroxylation is 1. The van der Waals surface area contributed by atoms with Gasteiger partial charge in [0.1, 0.15) is 5.82 Å². The maximum atomic E-state index is 5.79. The van der Waals surface area contributed by atoms with Crippen molar-refractivity contribution >= 4 is 5.82 Å². The lowest BCUT2D eigenvalue weighted by atomic mass is 10.0. The molecule has 1 unspecified atom stereocenters. The zero-order valence-electron chi connectivity index (χ0n) is 12.4. The van der Waals surface area contributed by atoms with Gasteiger partial charge in [-0.25, -0.2) is 4.98 Å². The number of anilines is 1. The van der Waals surface area contributed by atoms with E-state index in [-0.39, 0.29) is 0 Å². The molecule has 2 heterocycles. The van der Waals surface area contributed by atoms with Crippen LogP contribution in [0.2, 0.25) is 0 Å². The third-order valence-corrected chi connectivity index (χ3v) is 4.03. The minimum absolute atomic E-state index is 0.559. The van der Waals surface area contributed by atoms with Gasteiger partial charge in [0.25, 0.3) is 0 Å². The summed E-state index contributed by atoms with van der Waals surface area (Å²) >= 11 is 0. The molecule has 0 spiro atoms. The molecule has 0 aliphatic carbocycles. The first-order chi connectivity index (χ1) is 9.13. The van der Waals surface area contributed by atoms with Crippen LogP contribution in [0.4, 0.5) is 5.82 Å². The molecule has 1 fully saturated rings. The molecule has 0 bridgehead atoms. The highest BCUT2D eigenvalue weighted by molar-refractivity contribution is 5.43. The Hall–Kier alpha value is -1.13. The van der Waals surface area contributed by atoms with Crippen LogP contribution in [0.25, 0.3) is 0 Å². The molecule has 1 aliphatic rings. The summed E-state index contributed by atoms with van der Waals surface area (Å²) in [7, 11) is 4.35. The molecular formula is C15H26N4. The first-order valence-electron chi connectivity index (χ1n) is 7.25. The number of nitrogens with two attached hydrogens (primary N) is 1. The van der Waals surface area contributed by atoms with Crippen molar-refractivity contribution in [3.8, 4) is 0 Å². The van der Waals surface area contributed by atoms with Crippen LogP contribution in [0.3, 0.4) is 0 Å². The summed E-state index contributed by atoms with van der Waals surface area (Å²) in [6.07, 6.45) is 3.47. The molecule has 2 rings (SSSR count). The maximum absolute atomic E-state index is 5.79. The van der Waals surface area contributed by atoms with Crippen LogP contribution in [0, 0.1) is 0 Å². The predicted octanol–water partition coefficient (Wildman–Crippen LogP) is 1.63. The maximum Gasteiger partial charge on any atom is 0.129 e. The molecule has 4 heteroatoms. The highest BCUT2D eigenvalue weighted by atomic mass is 15.2. The second kappa shape index (κ2) is 6.35. The van der Waals surface area contributed by atoms with E-state index in [0.717, 1.165) is 24.5 Å². The molecule has 1 aliphatic heterocycles. The second-order valence-electron chi connectivity index (χ2n) is 5.55. The van der Waals surface area contributed by atoms with Crippen LogP contribution in [0.5, 0.6) is 0 Å². The largest absolute Gasteiger partial charge is 0.355 e. The van der Waals surface area contributed by atoms with E-state index in [1.54, 1.807) is 0 Å². The Kier molecular flexibility index (Phi) is 4.77. The van der Waals surface area contributed by atoms with Gasteiger partial charge in [-0.05, 0) is 50.6 Å². The Morgan fingerprint density at radius 3 is 2.89 bits per heavy atom. The van der Waals surface area contributed by atoms with Crippen LogP contribution in [0.1, 0.15) is 31.0 Å². The summed E-state index contributed by atoms with van der Waals surface area (Å²) in [6.45, 7) is 5.05. The van der Waals surface area contributed by atoms with E-state index < -0.39 is 0 Å². The van der Waals surface area contributed by atoms with Gasteiger partial charge in [-0.3, -0.25) is 0 Å². The average molecular weight is 262 g/mol. The number of piperidine rings is 1. The first kappa shape index (κ1) is 14.3. The van der Waals surface area contributed by atoms with Crippen LogP contribution in [-0.4, -0.2) is 43.1 Å². The highest BCUT2D eigenvalue weighted by Crippen LogP contribution is 2.21. The number of pyridine rings is 1. The van der Waals surface area contributed by atoms with Crippen molar-refractivity contribution in [2.24, 2.45) is 5.73 Å². The molecule has 1 aromatic heterocycles. The Morgan fingerprint density at radius 1 is 1.47 bits per heavy atom. The SMILES string of the molecule is CCc1cc(CN)cc(N(C)C2CCCN(C)C2)n1. The third kappa shape index (κ3) is 3.45. The second-order valence-corrected chi connectivity index (χ2v) is 5.55. The number of likely N-dealkylation sites (tertiary alicyclic amines) is 1. The molecule has 2 N–H and O–H groups in total. The molecular weight excluding hydrogens is 236 g/mol. The van der Waals surface area contributed by atoms with E-state index in [0.29, 0.717) is 12.6 Å². The topological polar surface area (TPSA) is 45.4 Å². The van der Waals surface area contributed by atoms with Gasteiger partial charge < -0.3 is 15.5 Å². The van der Waals surface area contributed by atoms with Crippen molar-refractivity contribution in [1.29, 1.82) is 0 Å². The van der Waals surface area contributed by atoms with Gasteiger partial charge in [0.15, 0.2) is 0 Å². The first-order valence-corrected chi connectivity index (χ1v) is 7.25. The van der Waals surface area contributed by atoms with Crippen molar-refractivity contribution in [1.82, 2.24) is 9.88 Å². The minimum Gasteiger partial charge on any atom is -0.355 e. The molecule has 19 heavy (non-hydrogen) atoms. The van der Waals surface area contributed by atoms with E-state index in [9.17, 15) is 0 Å². The zero-order valence-corrected chi connectivity index (χ0v) is 12.4. The van der Waals surface area contributed by atoms with Gasteiger partial charge in [-0.15, -0.1) is 0 Å². The van der Waals surface area contributed by atoms with Gasteiger partial charge in [-0.2, -0.15) is 0 Å². The molecule has 106 valence electrons. The number of rotatable bonds is 4. The van der Waals surface area contributed by atoms with Crippen molar-refractivity contribution in [3.63, 3.8) is 0 Å². The van der Waals surface area contributed by atoms with E-state index in [4.69, 9.17) is 10.7 Å². The molecule has 0 amide bonds. The zero-order chi connectivity index (χ0) is 13.8. The van der Waals surface area contributed by atoms with Crippen LogP contribution in [-0.2, 0) is 13.0 Å². The standard InChI is InChI=1S/C15H26N4/c1-4-13-8-12(10-16)9-15(17-13)19(3)14-6-5-7-18(2)11-14/h8-9,14H,4-7,10-11,16H2,1-3H3. The summed E-state index contributed by atoms with van der Waals surface area (Å²) < 4.78 is 0. The van der Waals surface area contributed by atoms with E-state index in [1.807, 2.05) is 0 Å². The van der Waals surface area contributed by atoms with Gasteiger partial charge in [-0.1, -0.05) is 6.92 Å². The Balaban J connectivity index is 2.19. The molecule has 1 aromatic rings. The molecule has 4 nitrogen and oxygen atoms in total. The smallest absolute Gasteiger partial charge is 0.129 e. The van der Waals surface area contributed by atoms with Gasteiger partial charge in [0.2, 0.25) is 0 Å². The number of hydrogen-bond donors (Lipinski definition) is 1. The number of nitrogens with zero attached hydrogens (tertiary/aromatic N) is 3. The van der Waals surface area contributed by atoms with E-state index >= 15 is 0 Å². The fraction of sp³-hybridized carbons (Fsp3) is 0.667. The highest BCUT2D eigenvalue weighted by Gasteiger charge is 2.22. The van der Waals surface area contributed by atoms with Gasteiger partial charge in [0, 0.05) is 31.9 Å². The number of hydrogen-bond acceptors (Lipinski definition) is 4. The molecule has 0 aromatic carbocycles. The molecule has 0 radical (unpaired) electrons. The van der Waals surface area contributed by atoms with Crippen LogP contribution in [0.15, 0.2) is 12.1 Å². The number of likely N-dealkylation sites (N-methyl/N-ethyl adjacent to an activating group) is 2. The molecule has 1 saturated heterocycles. The van der Waals surface area contributed by atoms with Crippen molar-refractivity contribution in [2.75, 3.05) is 32.1 Å². The Labute approximate surface area is 116 Å². The minimum atomic E-state index is 0.559. The molecule has 1 atom stereocenters. The summed E-state index contributed by atoms with van der Waals surface area (Å²) in [5, 5.41) is 0. The third-order valence-electron chi connectivity index (χ3n) is 4.03. The monoisotopic (exact) mass is 262 g/mol. The van der Waals surface area contributed by atoms with Crippen LogP contribution >= 0.6 is 0 Å². The lowest BCUT2D eigenvalue weighted by Crippen LogP contribution is -2.45. The summed E-state index contributed by atoms with van der Waals surface area (Å²) in [6, 6.07) is 4.81. The normalized spacial score (nSPS) is 20.5. The Morgan fingerprint density at radius 2 is 2.26 bits per heavy atom. The fourth-order valence-corrected chi connectivity index (χ4v) is 2.76. The van der Waals surface area contributed by atoms with Gasteiger partial charge >= 0.3 is 0 Å². The van der Waals surface area contributed by atoms with Crippen molar-refractivity contribution < 1.29 is 0 Å². The summed E-state index contributed by atoms with van der Waals surface area (Å²) in [5.74, 6) is 1.07. The van der Waals surface area contributed by atoms with Gasteiger partial charge in [0.05, 0.1) is 0 Å². The Bertz CT molecular complexity index is 396. The predicted molar refractivity (Wildman–Crippen MR) is 80.4 cm³/mol. The lowest BCUT2D eigenvalue weighted by Gasteiger charge is -2.36. The van der Waals surface area contributed by atoms with E-state index in [2.05, 4.69) is 43.0 Å². The van der Waals surface area contributed by atoms with Crippen molar-refractivity contribution in [2.45, 2.75) is 38.8 Å². The fourth-order valence-electron chi connectivity index (χ4n) is 2.76. The molecule has 0 saturated carbocycles. The number of aromatic nitrogens is 1. The summed E-state index contributed by atoms with van der Waals surface area (Å²) in [4.78, 5) is 9.48. The van der Waals surface area contributed by atoms with Crippen molar-refractivity contribution in [3.05, 3.63) is 23.4 Å². The van der Waals surface area contributed by atoms with E-state index in [1.165, 1.54) is 24.9 Å². The average Bonchev–Trinajstić information content (AvgIpc) is 2.45.